The summed E-state index contributed by atoms with van der Waals surface area (Å²) in [5.41, 5.74) is 1.12. The SMILES string of the molecule is COc1cc(C(=O)Cc2ccc(S(=O)(=O)c3ccc(CC(=O)c4cc(OC)c(OCc5ccccc5)cc4[N+](=O)[O-])cc3)cc2)c([N+](=O)[O-])cc1OCc1ccccc1. The molecular weight excluding hydrogens is 781 g/mol. The molecule has 6 aromatic carbocycles. The summed E-state index contributed by atoms with van der Waals surface area (Å²) >= 11 is 0. The predicted molar refractivity (Wildman–Crippen MR) is 215 cm³/mol. The Bertz CT molecular complexity index is 2440. The number of hydrogen-bond donors (Lipinski definition) is 0. The van der Waals surface area contributed by atoms with Gasteiger partial charge in [-0.1, -0.05) is 84.9 Å². The average Bonchev–Trinajstić information content (AvgIpc) is 3.25. The molecule has 6 aromatic rings. The molecule has 300 valence electrons. The van der Waals surface area contributed by atoms with Crippen LogP contribution < -0.4 is 18.9 Å². The van der Waals surface area contributed by atoms with Crippen LogP contribution in [0.4, 0.5) is 11.4 Å². The number of benzene rings is 6. The number of nitro groups is 2. The summed E-state index contributed by atoms with van der Waals surface area (Å²) in [5.74, 6) is -0.745. The molecule has 0 atom stereocenters. The van der Waals surface area contributed by atoms with Crippen molar-refractivity contribution in [1.82, 2.24) is 0 Å². The highest BCUT2D eigenvalue weighted by Crippen LogP contribution is 2.37. The highest BCUT2D eigenvalue weighted by Gasteiger charge is 2.27. The van der Waals surface area contributed by atoms with Gasteiger partial charge >= 0.3 is 0 Å². The van der Waals surface area contributed by atoms with Gasteiger partial charge in [-0.3, -0.25) is 29.8 Å². The van der Waals surface area contributed by atoms with Gasteiger partial charge in [0.1, 0.15) is 13.2 Å². The summed E-state index contributed by atoms with van der Waals surface area (Å²) in [6, 6.07) is 34.2. The highest BCUT2D eigenvalue weighted by molar-refractivity contribution is 7.91. The molecule has 0 saturated heterocycles. The zero-order valence-electron chi connectivity index (χ0n) is 31.7. The second-order valence-electron chi connectivity index (χ2n) is 13.1. The van der Waals surface area contributed by atoms with Crippen molar-refractivity contribution in [2.75, 3.05) is 14.2 Å². The van der Waals surface area contributed by atoms with Crippen molar-refractivity contribution in [1.29, 1.82) is 0 Å². The molecule has 0 N–H and O–H groups in total. The van der Waals surface area contributed by atoms with E-state index in [-0.39, 0.29) is 70.0 Å². The molecule has 15 heteroatoms. The minimum atomic E-state index is -4.06. The Morgan fingerprint density at radius 1 is 0.508 bits per heavy atom. The van der Waals surface area contributed by atoms with Crippen molar-refractivity contribution in [3.63, 3.8) is 0 Å². The van der Waals surface area contributed by atoms with E-state index >= 15 is 0 Å². The molecule has 6 rings (SSSR count). The van der Waals surface area contributed by atoms with Crippen molar-refractivity contribution < 1.29 is 46.8 Å². The Morgan fingerprint density at radius 2 is 0.864 bits per heavy atom. The minimum absolute atomic E-state index is 0.0811. The van der Waals surface area contributed by atoms with Gasteiger partial charge in [-0.25, -0.2) is 8.42 Å². The van der Waals surface area contributed by atoms with Crippen LogP contribution in [0.2, 0.25) is 0 Å². The maximum atomic E-state index is 13.5. The number of sulfone groups is 1. The first-order valence-electron chi connectivity index (χ1n) is 17.9. The molecule has 0 radical (unpaired) electrons. The predicted octanol–water partition coefficient (Wildman–Crippen LogP) is 8.36. The Morgan fingerprint density at radius 3 is 1.19 bits per heavy atom. The average molecular weight is 817 g/mol. The Kier molecular flexibility index (Phi) is 12.8. The quantitative estimate of drug-likeness (QED) is 0.0458. The molecule has 0 aromatic heterocycles. The van der Waals surface area contributed by atoms with E-state index < -0.39 is 42.6 Å². The fourth-order valence-corrected chi connectivity index (χ4v) is 7.39. The monoisotopic (exact) mass is 816 g/mol. The summed E-state index contributed by atoms with van der Waals surface area (Å²) in [5, 5.41) is 24.0. The van der Waals surface area contributed by atoms with Crippen molar-refractivity contribution in [3.05, 3.63) is 187 Å². The first-order valence-corrected chi connectivity index (χ1v) is 19.4. The van der Waals surface area contributed by atoms with Gasteiger partial charge in [-0.05, 0) is 46.5 Å². The minimum Gasteiger partial charge on any atom is -0.493 e. The van der Waals surface area contributed by atoms with Crippen LogP contribution in [-0.4, -0.2) is 44.1 Å². The van der Waals surface area contributed by atoms with Crippen LogP contribution in [0.3, 0.4) is 0 Å². The van der Waals surface area contributed by atoms with Crippen LogP contribution in [-0.2, 0) is 35.9 Å². The van der Waals surface area contributed by atoms with Gasteiger partial charge < -0.3 is 18.9 Å². The first-order chi connectivity index (χ1) is 28.4. The van der Waals surface area contributed by atoms with E-state index in [4.69, 9.17) is 18.9 Å². The van der Waals surface area contributed by atoms with Crippen LogP contribution in [0.25, 0.3) is 0 Å². The number of nitro benzene ring substituents is 2. The molecule has 59 heavy (non-hydrogen) atoms. The zero-order valence-corrected chi connectivity index (χ0v) is 32.5. The fourth-order valence-electron chi connectivity index (χ4n) is 6.13. The Labute approximate surface area is 338 Å². The van der Waals surface area contributed by atoms with Crippen molar-refractivity contribution in [2.24, 2.45) is 0 Å². The van der Waals surface area contributed by atoms with Crippen molar-refractivity contribution in [3.8, 4) is 23.0 Å². The lowest BCUT2D eigenvalue weighted by atomic mass is 10.0. The summed E-state index contributed by atoms with van der Waals surface area (Å²) in [6.07, 6.45) is -0.546. The van der Waals surface area contributed by atoms with Crippen molar-refractivity contribution in [2.45, 2.75) is 35.8 Å². The maximum absolute atomic E-state index is 13.5. The molecule has 0 aliphatic heterocycles. The van der Waals surface area contributed by atoms with E-state index in [0.29, 0.717) is 11.1 Å². The van der Waals surface area contributed by atoms with Gasteiger partial charge in [0.05, 0.1) is 57.1 Å². The van der Waals surface area contributed by atoms with Crippen LogP contribution in [0, 0.1) is 20.2 Å². The fraction of sp³-hybridized carbons (Fsp3) is 0.136. The number of ether oxygens (including phenoxy) is 4. The molecule has 0 bridgehead atoms. The lowest BCUT2D eigenvalue weighted by Gasteiger charge is -2.13. The van der Waals surface area contributed by atoms with Gasteiger partial charge in [0.2, 0.25) is 9.84 Å². The summed E-state index contributed by atoms with van der Waals surface area (Å²) in [4.78, 5) is 49.3. The maximum Gasteiger partial charge on any atom is 0.284 e. The van der Waals surface area contributed by atoms with Gasteiger partial charge in [-0.2, -0.15) is 0 Å². The van der Waals surface area contributed by atoms with E-state index in [1.54, 1.807) is 0 Å². The zero-order chi connectivity index (χ0) is 42.1. The number of methoxy groups -OCH3 is 2. The molecule has 0 saturated carbocycles. The molecule has 0 spiro atoms. The van der Waals surface area contributed by atoms with Gasteiger partial charge in [0.15, 0.2) is 34.6 Å². The number of rotatable bonds is 18. The number of Topliss-reactive ketones (excluding diaryl/α,β-unsaturated/α-hetero) is 2. The number of carbonyl (C=O) groups is 2. The van der Waals surface area contributed by atoms with Gasteiger partial charge in [0, 0.05) is 25.0 Å². The Balaban J connectivity index is 1.13. The van der Waals surface area contributed by atoms with E-state index in [1.165, 1.54) is 74.9 Å². The number of ketones is 2. The number of hydrogen-bond acceptors (Lipinski definition) is 12. The third-order valence-corrected chi connectivity index (χ3v) is 11.0. The molecular formula is C44H36N2O12S. The smallest absolute Gasteiger partial charge is 0.284 e. The van der Waals surface area contributed by atoms with E-state index in [0.717, 1.165) is 23.3 Å². The summed E-state index contributed by atoms with van der Waals surface area (Å²) in [7, 11) is -1.35. The van der Waals surface area contributed by atoms with Gasteiger partial charge in [-0.15, -0.1) is 0 Å². The topological polar surface area (TPSA) is 191 Å². The van der Waals surface area contributed by atoms with E-state index in [9.17, 15) is 38.2 Å². The molecule has 0 aliphatic rings. The Hall–Kier alpha value is -7.39. The van der Waals surface area contributed by atoms with Crippen LogP contribution in [0.15, 0.2) is 143 Å². The highest BCUT2D eigenvalue weighted by atomic mass is 32.2. The molecule has 0 aliphatic carbocycles. The van der Waals surface area contributed by atoms with Crippen LogP contribution in [0.1, 0.15) is 43.0 Å². The molecule has 0 amide bonds. The molecule has 14 nitrogen and oxygen atoms in total. The standard InChI is InChI=1S/C44H36N2O12S/c1-55-41-23-35(37(45(49)50)25-43(41)57-27-31-9-5-3-6-10-31)39(47)21-29-13-17-33(18-14-29)59(53,54)34-19-15-30(16-20-34)22-40(48)36-24-42(56-2)44(26-38(36)46(51)52)58-28-32-11-7-4-8-12-32/h3-20,23-26H,21-22,27-28H2,1-2H3. The first kappa shape index (κ1) is 41.2. The van der Waals surface area contributed by atoms with E-state index in [2.05, 4.69) is 0 Å². The lowest BCUT2D eigenvalue weighted by molar-refractivity contribution is -0.385. The number of nitrogens with zero attached hydrogens (tertiary/aromatic N) is 2. The summed E-state index contributed by atoms with van der Waals surface area (Å²) in [6.45, 7) is 0.233. The third-order valence-electron chi connectivity index (χ3n) is 9.23. The normalized spacial score (nSPS) is 11.0. The second-order valence-corrected chi connectivity index (χ2v) is 15.0. The number of carbonyl (C=O) groups excluding carboxylic acids is 2. The third kappa shape index (κ3) is 9.77. The molecule has 0 unspecified atom stereocenters. The van der Waals surface area contributed by atoms with Crippen LogP contribution >= 0.6 is 0 Å². The molecule has 0 fully saturated rings. The largest absolute Gasteiger partial charge is 0.493 e. The van der Waals surface area contributed by atoms with E-state index in [1.807, 2.05) is 60.7 Å². The van der Waals surface area contributed by atoms with Gasteiger partial charge in [0.25, 0.3) is 11.4 Å². The molecule has 0 heterocycles. The van der Waals surface area contributed by atoms with Crippen molar-refractivity contribution >= 4 is 32.8 Å². The summed E-state index contributed by atoms with van der Waals surface area (Å²) < 4.78 is 49.4. The lowest BCUT2D eigenvalue weighted by Crippen LogP contribution is -2.10. The van der Waals surface area contributed by atoms with Crippen LogP contribution in [0.5, 0.6) is 23.0 Å². The second kappa shape index (κ2) is 18.3.